The van der Waals surface area contributed by atoms with Gasteiger partial charge in [-0.25, -0.2) is 8.78 Å². The lowest BCUT2D eigenvalue weighted by molar-refractivity contribution is 0.505. The highest BCUT2D eigenvalue weighted by Crippen LogP contribution is 2.31. The minimum absolute atomic E-state index is 0.194. The zero-order chi connectivity index (χ0) is 14.9. The maximum atomic E-state index is 13.4. The van der Waals surface area contributed by atoms with E-state index in [2.05, 4.69) is 21.2 Å². The lowest BCUT2D eigenvalue weighted by atomic mass is 9.97. The Morgan fingerprint density at radius 2 is 1.80 bits per heavy atom. The molecule has 0 aliphatic rings. The standard InChI is InChI=1S/C15H13BrClF2N/c1-8-3-4-9(5-11(8)16)15(20-2)10-6-13(18)14(19)7-12(10)17/h3-7,15,20H,1-2H3. The number of hydrogen-bond donors (Lipinski definition) is 1. The molecule has 0 radical (unpaired) electrons. The summed E-state index contributed by atoms with van der Waals surface area (Å²) in [6, 6.07) is 7.64. The monoisotopic (exact) mass is 359 g/mol. The fraction of sp³-hybridized carbons (Fsp3) is 0.200. The summed E-state index contributed by atoms with van der Waals surface area (Å²) >= 11 is 9.50. The van der Waals surface area contributed by atoms with Gasteiger partial charge in [0.15, 0.2) is 11.6 Å². The van der Waals surface area contributed by atoms with E-state index in [0.29, 0.717) is 5.56 Å². The number of rotatable bonds is 3. The van der Waals surface area contributed by atoms with Gasteiger partial charge in [0.05, 0.1) is 6.04 Å². The number of benzene rings is 2. The molecule has 5 heteroatoms. The first-order valence-electron chi connectivity index (χ1n) is 6.01. The molecule has 0 amide bonds. The molecule has 1 atom stereocenters. The molecule has 106 valence electrons. The molecule has 20 heavy (non-hydrogen) atoms. The van der Waals surface area contributed by atoms with Crippen LogP contribution in [0.4, 0.5) is 8.78 Å². The quantitative estimate of drug-likeness (QED) is 0.760. The van der Waals surface area contributed by atoms with Crippen molar-refractivity contribution in [2.24, 2.45) is 0 Å². The van der Waals surface area contributed by atoms with Gasteiger partial charge in [-0.2, -0.15) is 0 Å². The normalized spacial score (nSPS) is 12.5. The Hall–Kier alpha value is -0.970. The molecule has 1 unspecified atom stereocenters. The second-order valence-electron chi connectivity index (χ2n) is 4.52. The molecular weight excluding hydrogens is 348 g/mol. The van der Waals surface area contributed by atoms with Crippen LogP contribution in [0.25, 0.3) is 0 Å². The van der Waals surface area contributed by atoms with E-state index in [-0.39, 0.29) is 11.1 Å². The highest BCUT2D eigenvalue weighted by molar-refractivity contribution is 9.10. The molecule has 0 aliphatic carbocycles. The van der Waals surface area contributed by atoms with Crippen LogP contribution in [0.15, 0.2) is 34.8 Å². The van der Waals surface area contributed by atoms with Crippen LogP contribution in [-0.2, 0) is 0 Å². The van der Waals surface area contributed by atoms with Crippen LogP contribution in [0.5, 0.6) is 0 Å². The SMILES string of the molecule is CNC(c1ccc(C)c(Br)c1)c1cc(F)c(F)cc1Cl. The number of aryl methyl sites for hydroxylation is 1. The average molecular weight is 361 g/mol. The van der Waals surface area contributed by atoms with Gasteiger partial charge in [-0.05, 0) is 48.9 Å². The summed E-state index contributed by atoms with van der Waals surface area (Å²) in [7, 11) is 1.75. The molecule has 0 fully saturated rings. The van der Waals surface area contributed by atoms with E-state index in [1.807, 2.05) is 25.1 Å². The van der Waals surface area contributed by atoms with E-state index in [4.69, 9.17) is 11.6 Å². The van der Waals surface area contributed by atoms with Crippen LogP contribution in [0.1, 0.15) is 22.7 Å². The lowest BCUT2D eigenvalue weighted by Gasteiger charge is -2.19. The Bertz CT molecular complexity index is 646. The summed E-state index contributed by atoms with van der Waals surface area (Å²) in [4.78, 5) is 0. The van der Waals surface area contributed by atoms with Crippen molar-refractivity contribution in [1.29, 1.82) is 0 Å². The first-order valence-corrected chi connectivity index (χ1v) is 7.19. The summed E-state index contributed by atoms with van der Waals surface area (Å²) < 4.78 is 27.6. The zero-order valence-electron chi connectivity index (χ0n) is 11.0. The van der Waals surface area contributed by atoms with E-state index in [1.165, 1.54) is 0 Å². The molecule has 2 rings (SSSR count). The molecule has 1 nitrogen and oxygen atoms in total. The van der Waals surface area contributed by atoms with Crippen molar-refractivity contribution >= 4 is 27.5 Å². The van der Waals surface area contributed by atoms with Crippen molar-refractivity contribution in [3.63, 3.8) is 0 Å². The number of halogens is 4. The summed E-state index contributed by atoms with van der Waals surface area (Å²) in [5.41, 5.74) is 2.52. The van der Waals surface area contributed by atoms with E-state index >= 15 is 0 Å². The molecule has 0 aromatic heterocycles. The number of hydrogen-bond acceptors (Lipinski definition) is 1. The summed E-state index contributed by atoms with van der Waals surface area (Å²) in [6.45, 7) is 1.98. The van der Waals surface area contributed by atoms with Crippen LogP contribution in [0, 0.1) is 18.6 Å². The highest BCUT2D eigenvalue weighted by Gasteiger charge is 2.18. The van der Waals surface area contributed by atoms with Gasteiger partial charge < -0.3 is 5.32 Å². The van der Waals surface area contributed by atoms with Crippen LogP contribution in [-0.4, -0.2) is 7.05 Å². The molecule has 0 saturated heterocycles. The first-order chi connectivity index (χ1) is 9.43. The predicted octanol–water partition coefficient (Wildman–Crippen LogP) is 5.00. The molecule has 0 saturated carbocycles. The summed E-state index contributed by atoms with van der Waals surface area (Å²) in [6.07, 6.45) is 0. The van der Waals surface area contributed by atoms with Crippen molar-refractivity contribution in [3.8, 4) is 0 Å². The largest absolute Gasteiger partial charge is 0.309 e. The van der Waals surface area contributed by atoms with Gasteiger partial charge in [-0.1, -0.05) is 39.7 Å². The minimum Gasteiger partial charge on any atom is -0.309 e. The maximum Gasteiger partial charge on any atom is 0.160 e. The molecule has 1 N–H and O–H groups in total. The zero-order valence-corrected chi connectivity index (χ0v) is 13.3. The lowest BCUT2D eigenvalue weighted by Crippen LogP contribution is -2.18. The Morgan fingerprint density at radius 1 is 1.15 bits per heavy atom. The van der Waals surface area contributed by atoms with Gasteiger partial charge in [0.2, 0.25) is 0 Å². The smallest absolute Gasteiger partial charge is 0.160 e. The highest BCUT2D eigenvalue weighted by atomic mass is 79.9. The molecule has 0 spiro atoms. The fourth-order valence-corrected chi connectivity index (χ4v) is 2.71. The fourth-order valence-electron chi connectivity index (χ4n) is 2.05. The van der Waals surface area contributed by atoms with Crippen molar-refractivity contribution in [1.82, 2.24) is 5.32 Å². The van der Waals surface area contributed by atoms with E-state index < -0.39 is 11.6 Å². The van der Waals surface area contributed by atoms with Crippen LogP contribution in [0.3, 0.4) is 0 Å². The molecule has 0 aliphatic heterocycles. The third kappa shape index (κ3) is 3.03. The molecular formula is C15H13BrClF2N. The van der Waals surface area contributed by atoms with Gasteiger partial charge in [-0.3, -0.25) is 0 Å². The Morgan fingerprint density at radius 3 is 2.40 bits per heavy atom. The topological polar surface area (TPSA) is 12.0 Å². The average Bonchev–Trinajstić information content (AvgIpc) is 2.40. The van der Waals surface area contributed by atoms with Crippen LogP contribution >= 0.6 is 27.5 Å². The Labute approximate surface area is 130 Å². The van der Waals surface area contributed by atoms with E-state index in [1.54, 1.807) is 7.05 Å². The molecule has 2 aromatic carbocycles. The van der Waals surface area contributed by atoms with Gasteiger partial charge >= 0.3 is 0 Å². The van der Waals surface area contributed by atoms with Crippen LogP contribution in [0.2, 0.25) is 5.02 Å². The molecule has 2 aromatic rings. The third-order valence-electron chi connectivity index (χ3n) is 3.17. The first kappa shape index (κ1) is 15.4. The van der Waals surface area contributed by atoms with Gasteiger partial charge in [0.1, 0.15) is 0 Å². The predicted molar refractivity (Wildman–Crippen MR) is 81.1 cm³/mol. The van der Waals surface area contributed by atoms with Gasteiger partial charge in [-0.15, -0.1) is 0 Å². The summed E-state index contributed by atoms with van der Waals surface area (Å²) in [5, 5.41) is 3.27. The van der Waals surface area contributed by atoms with Crippen molar-refractivity contribution in [2.75, 3.05) is 7.05 Å². The third-order valence-corrected chi connectivity index (χ3v) is 4.35. The Balaban J connectivity index is 2.52. The minimum atomic E-state index is -0.946. The summed E-state index contributed by atoms with van der Waals surface area (Å²) in [5.74, 6) is -1.85. The Kier molecular flexibility index (Phi) is 4.78. The molecule has 0 heterocycles. The van der Waals surface area contributed by atoms with E-state index in [0.717, 1.165) is 27.7 Å². The maximum absolute atomic E-state index is 13.4. The van der Waals surface area contributed by atoms with E-state index in [9.17, 15) is 8.78 Å². The second-order valence-corrected chi connectivity index (χ2v) is 5.78. The van der Waals surface area contributed by atoms with Crippen molar-refractivity contribution < 1.29 is 8.78 Å². The second kappa shape index (κ2) is 6.20. The number of nitrogens with one attached hydrogen (secondary N) is 1. The van der Waals surface area contributed by atoms with Crippen molar-refractivity contribution in [3.05, 3.63) is 68.2 Å². The van der Waals surface area contributed by atoms with Gasteiger partial charge in [0.25, 0.3) is 0 Å². The molecule has 0 bridgehead atoms. The van der Waals surface area contributed by atoms with Crippen LogP contribution < -0.4 is 5.32 Å². The van der Waals surface area contributed by atoms with Crippen molar-refractivity contribution in [2.45, 2.75) is 13.0 Å². The van der Waals surface area contributed by atoms with Gasteiger partial charge in [0, 0.05) is 9.50 Å².